The lowest BCUT2D eigenvalue weighted by Gasteiger charge is -2.36. The molecule has 2 aromatic carbocycles. The van der Waals surface area contributed by atoms with Gasteiger partial charge in [-0.15, -0.1) is 13.2 Å². The number of benzene rings is 2. The number of piperidine rings is 1. The summed E-state index contributed by atoms with van der Waals surface area (Å²) in [4.78, 5) is 0. The van der Waals surface area contributed by atoms with Crippen LogP contribution >= 0.6 is 0 Å². The maximum atomic E-state index is 12.7. The average Bonchev–Trinajstić information content (AvgIpc) is 3.55. The summed E-state index contributed by atoms with van der Waals surface area (Å²) in [5.74, 6) is 0.307. The summed E-state index contributed by atoms with van der Waals surface area (Å²) >= 11 is 0. The predicted octanol–water partition coefficient (Wildman–Crippen LogP) is 5.09. The third-order valence-electron chi connectivity index (χ3n) is 5.57. The quantitative estimate of drug-likeness (QED) is 0.584. The number of rotatable bonds is 8. The van der Waals surface area contributed by atoms with Crippen LogP contribution < -0.4 is 15.4 Å². The van der Waals surface area contributed by atoms with Gasteiger partial charge in [-0.3, -0.25) is 5.32 Å². The minimum atomic E-state index is -4.72. The zero-order valence-electron chi connectivity index (χ0n) is 16.7. The Hall–Kier alpha value is -2.09. The molecule has 0 amide bonds. The fourth-order valence-electron chi connectivity index (χ4n) is 3.91. The number of halogens is 3. The first-order chi connectivity index (χ1) is 14.5. The van der Waals surface area contributed by atoms with Crippen LogP contribution in [0.2, 0.25) is 0 Å². The number of nitrogens with one attached hydrogen (secondary N) is 2. The van der Waals surface area contributed by atoms with Crippen molar-refractivity contribution in [2.75, 3.05) is 13.2 Å². The van der Waals surface area contributed by atoms with Gasteiger partial charge in [0.1, 0.15) is 12.0 Å². The minimum absolute atomic E-state index is 0.0949. The fraction of sp³-hybridized carbons (Fsp3) is 0.478. The molecule has 2 aromatic rings. The van der Waals surface area contributed by atoms with E-state index < -0.39 is 12.6 Å². The minimum Gasteiger partial charge on any atom is -0.406 e. The van der Waals surface area contributed by atoms with E-state index in [9.17, 15) is 13.2 Å². The van der Waals surface area contributed by atoms with E-state index in [1.807, 2.05) is 18.2 Å². The molecule has 2 fully saturated rings. The normalized spacial score (nSPS) is 23.2. The van der Waals surface area contributed by atoms with Crippen LogP contribution in [0.15, 0.2) is 54.6 Å². The molecule has 2 aliphatic rings. The highest BCUT2D eigenvalue weighted by atomic mass is 19.4. The van der Waals surface area contributed by atoms with Gasteiger partial charge in [-0.1, -0.05) is 42.5 Å². The maximum absolute atomic E-state index is 12.7. The summed E-state index contributed by atoms with van der Waals surface area (Å²) in [5.41, 5.74) is 1.82. The van der Waals surface area contributed by atoms with E-state index in [4.69, 9.17) is 4.74 Å². The van der Waals surface area contributed by atoms with Crippen molar-refractivity contribution in [2.45, 2.75) is 50.4 Å². The van der Waals surface area contributed by atoms with Crippen molar-refractivity contribution < 1.29 is 22.6 Å². The summed E-state index contributed by atoms with van der Waals surface area (Å²) in [6.07, 6.45) is -0.966. The van der Waals surface area contributed by atoms with Crippen molar-refractivity contribution in [3.63, 3.8) is 0 Å². The third kappa shape index (κ3) is 5.97. The standard InChI is InChI=1S/C23H27F3N2O2/c24-23(25,26)30-19-9-4-8-18(14-19)22(29-15-16-11-12-16)28-20-10-5-13-27-21(20)17-6-2-1-3-7-17/h1-4,6-9,14,16,20-22,27-28H,5,10-13,15H2. The zero-order chi connectivity index (χ0) is 21.0. The summed E-state index contributed by atoms with van der Waals surface area (Å²) in [5, 5.41) is 7.14. The zero-order valence-corrected chi connectivity index (χ0v) is 16.7. The molecule has 1 saturated heterocycles. The van der Waals surface area contributed by atoms with Crippen molar-refractivity contribution in [3.8, 4) is 5.75 Å². The largest absolute Gasteiger partial charge is 0.573 e. The maximum Gasteiger partial charge on any atom is 0.573 e. The highest BCUT2D eigenvalue weighted by molar-refractivity contribution is 5.30. The first kappa shape index (κ1) is 21.2. The molecule has 3 unspecified atom stereocenters. The Bertz CT molecular complexity index is 812. The molecule has 1 heterocycles. The van der Waals surface area contributed by atoms with Crippen LogP contribution in [-0.2, 0) is 4.74 Å². The Morgan fingerprint density at radius 1 is 1.03 bits per heavy atom. The monoisotopic (exact) mass is 420 g/mol. The molecule has 0 spiro atoms. The number of alkyl halides is 3. The summed E-state index contributed by atoms with van der Waals surface area (Å²) in [6.45, 7) is 1.53. The van der Waals surface area contributed by atoms with Crippen molar-refractivity contribution in [1.29, 1.82) is 0 Å². The smallest absolute Gasteiger partial charge is 0.406 e. The van der Waals surface area contributed by atoms with Crippen LogP contribution in [0.25, 0.3) is 0 Å². The van der Waals surface area contributed by atoms with Crippen molar-refractivity contribution >= 4 is 0 Å². The first-order valence-corrected chi connectivity index (χ1v) is 10.5. The van der Waals surface area contributed by atoms with Gasteiger partial charge in [-0.2, -0.15) is 0 Å². The molecule has 4 nitrogen and oxygen atoms in total. The molecule has 3 atom stereocenters. The van der Waals surface area contributed by atoms with Gasteiger partial charge in [0.25, 0.3) is 0 Å². The van der Waals surface area contributed by atoms with Gasteiger partial charge >= 0.3 is 6.36 Å². The molecule has 2 N–H and O–H groups in total. The second kappa shape index (κ2) is 9.37. The van der Waals surface area contributed by atoms with Crippen LogP contribution in [0.3, 0.4) is 0 Å². The van der Waals surface area contributed by atoms with Gasteiger partial charge < -0.3 is 14.8 Å². The molecule has 0 bridgehead atoms. The molecular formula is C23H27F3N2O2. The highest BCUT2D eigenvalue weighted by Crippen LogP contribution is 2.33. The van der Waals surface area contributed by atoms with Crippen LogP contribution in [0.1, 0.15) is 49.1 Å². The van der Waals surface area contributed by atoms with Gasteiger partial charge in [0.05, 0.1) is 6.61 Å². The lowest BCUT2D eigenvalue weighted by molar-refractivity contribution is -0.274. The SMILES string of the molecule is FC(F)(F)Oc1cccc(C(NC2CCCNC2c2ccccc2)OCC2CC2)c1. The number of hydrogen-bond donors (Lipinski definition) is 2. The molecule has 0 aromatic heterocycles. The van der Waals surface area contributed by atoms with Gasteiger partial charge in [0.15, 0.2) is 0 Å². The van der Waals surface area contributed by atoms with Crippen molar-refractivity contribution in [1.82, 2.24) is 10.6 Å². The van der Waals surface area contributed by atoms with E-state index in [0.29, 0.717) is 18.1 Å². The molecule has 162 valence electrons. The third-order valence-corrected chi connectivity index (χ3v) is 5.57. The van der Waals surface area contributed by atoms with E-state index in [2.05, 4.69) is 27.5 Å². The lowest BCUT2D eigenvalue weighted by Crippen LogP contribution is -2.47. The van der Waals surface area contributed by atoms with Gasteiger partial charge in [0, 0.05) is 12.1 Å². The van der Waals surface area contributed by atoms with E-state index in [1.165, 1.54) is 17.7 Å². The first-order valence-electron chi connectivity index (χ1n) is 10.5. The topological polar surface area (TPSA) is 42.5 Å². The number of hydrogen-bond acceptors (Lipinski definition) is 4. The van der Waals surface area contributed by atoms with Gasteiger partial charge in [0.2, 0.25) is 0 Å². The van der Waals surface area contributed by atoms with Crippen LogP contribution in [0.5, 0.6) is 5.75 Å². The molecule has 1 saturated carbocycles. The van der Waals surface area contributed by atoms with Crippen LogP contribution in [0, 0.1) is 5.92 Å². The Kier molecular flexibility index (Phi) is 6.61. The van der Waals surface area contributed by atoms with E-state index in [-0.39, 0.29) is 17.8 Å². The van der Waals surface area contributed by atoms with Crippen molar-refractivity contribution in [2.24, 2.45) is 5.92 Å². The Morgan fingerprint density at radius 2 is 1.83 bits per heavy atom. The highest BCUT2D eigenvalue weighted by Gasteiger charge is 2.33. The van der Waals surface area contributed by atoms with Crippen LogP contribution in [-0.4, -0.2) is 25.6 Å². The Balaban J connectivity index is 1.53. The Labute approximate surface area is 174 Å². The lowest BCUT2D eigenvalue weighted by atomic mass is 9.92. The molecular weight excluding hydrogens is 393 g/mol. The summed E-state index contributed by atoms with van der Waals surface area (Å²) in [7, 11) is 0. The van der Waals surface area contributed by atoms with Crippen molar-refractivity contribution in [3.05, 3.63) is 65.7 Å². The Morgan fingerprint density at radius 3 is 2.57 bits per heavy atom. The van der Waals surface area contributed by atoms with E-state index in [0.717, 1.165) is 32.2 Å². The number of ether oxygens (including phenoxy) is 2. The van der Waals surface area contributed by atoms with Gasteiger partial charge in [-0.25, -0.2) is 0 Å². The van der Waals surface area contributed by atoms with E-state index >= 15 is 0 Å². The molecule has 4 rings (SSSR count). The molecule has 1 aliphatic heterocycles. The molecule has 0 radical (unpaired) electrons. The predicted molar refractivity (Wildman–Crippen MR) is 108 cm³/mol. The fourth-order valence-corrected chi connectivity index (χ4v) is 3.91. The van der Waals surface area contributed by atoms with E-state index in [1.54, 1.807) is 12.1 Å². The summed E-state index contributed by atoms with van der Waals surface area (Å²) in [6, 6.07) is 16.5. The molecule has 1 aliphatic carbocycles. The summed E-state index contributed by atoms with van der Waals surface area (Å²) < 4.78 is 48.3. The molecule has 30 heavy (non-hydrogen) atoms. The van der Waals surface area contributed by atoms with Crippen LogP contribution in [0.4, 0.5) is 13.2 Å². The van der Waals surface area contributed by atoms with Gasteiger partial charge in [-0.05, 0) is 61.4 Å². The molecule has 7 heteroatoms. The second-order valence-electron chi connectivity index (χ2n) is 8.03. The average molecular weight is 420 g/mol. The second-order valence-corrected chi connectivity index (χ2v) is 8.03.